The highest BCUT2D eigenvalue weighted by atomic mass is 32.2. The van der Waals surface area contributed by atoms with Crippen molar-refractivity contribution in [2.75, 3.05) is 13.6 Å². The number of nitriles is 1. The smallest absolute Gasteiger partial charge is 0.410 e. The van der Waals surface area contributed by atoms with Gasteiger partial charge < -0.3 is 9.64 Å². The topological polar surface area (TPSA) is 99.5 Å². The van der Waals surface area contributed by atoms with Crippen molar-refractivity contribution in [1.29, 1.82) is 5.26 Å². The Balaban J connectivity index is 1.81. The lowest BCUT2D eigenvalue weighted by atomic mass is 9.94. The number of nitrogens with zero attached hydrogens (tertiary/aromatic N) is 2. The predicted octanol–water partition coefficient (Wildman–Crippen LogP) is 2.95. The van der Waals surface area contributed by atoms with Gasteiger partial charge in [-0.1, -0.05) is 42.5 Å². The average Bonchev–Trinajstić information content (AvgIpc) is 2.77. The largest absolute Gasteiger partial charge is 0.445 e. The number of hydrogen-bond acceptors (Lipinski definition) is 5. The highest BCUT2D eigenvalue weighted by Gasteiger charge is 2.38. The summed E-state index contributed by atoms with van der Waals surface area (Å²) in [5.41, 5.74) is 2.15. The van der Waals surface area contributed by atoms with Gasteiger partial charge in [-0.25, -0.2) is 17.9 Å². The number of carbonyl (C=O) groups is 1. The number of ether oxygens (including phenoxy) is 1. The van der Waals surface area contributed by atoms with Crippen molar-refractivity contribution in [1.82, 2.24) is 9.62 Å². The zero-order valence-electron chi connectivity index (χ0n) is 16.1. The van der Waals surface area contributed by atoms with Crippen molar-refractivity contribution in [3.8, 4) is 6.07 Å². The molecule has 152 valence electrons. The molecule has 1 fully saturated rings. The van der Waals surface area contributed by atoms with Crippen LogP contribution in [0.2, 0.25) is 0 Å². The molecule has 2 atom stereocenters. The van der Waals surface area contributed by atoms with E-state index in [4.69, 9.17) is 10.00 Å². The molecule has 2 aromatic rings. The molecule has 1 aliphatic rings. The second-order valence-electron chi connectivity index (χ2n) is 6.88. The molecule has 7 nitrogen and oxygen atoms in total. The van der Waals surface area contributed by atoms with E-state index in [0.29, 0.717) is 12.0 Å². The van der Waals surface area contributed by atoms with Gasteiger partial charge in [0.25, 0.3) is 0 Å². The first-order chi connectivity index (χ1) is 13.9. The number of rotatable bonds is 5. The zero-order chi connectivity index (χ0) is 20.9. The quantitative estimate of drug-likeness (QED) is 0.812. The molecule has 0 unspecified atom stereocenters. The van der Waals surface area contributed by atoms with E-state index in [2.05, 4.69) is 10.8 Å². The maximum absolute atomic E-state index is 12.8. The molecule has 1 saturated heterocycles. The van der Waals surface area contributed by atoms with E-state index >= 15 is 0 Å². The Hall–Kier alpha value is -2.89. The molecule has 2 aromatic carbocycles. The van der Waals surface area contributed by atoms with Crippen LogP contribution >= 0.6 is 0 Å². The van der Waals surface area contributed by atoms with Gasteiger partial charge in [-0.15, -0.1) is 0 Å². The van der Waals surface area contributed by atoms with Crippen molar-refractivity contribution in [2.45, 2.75) is 30.7 Å². The fourth-order valence-electron chi connectivity index (χ4n) is 3.50. The number of amides is 1. The molecule has 0 saturated carbocycles. The van der Waals surface area contributed by atoms with E-state index in [0.717, 1.165) is 11.1 Å². The van der Waals surface area contributed by atoms with Gasteiger partial charge in [0.05, 0.1) is 22.9 Å². The fraction of sp³-hybridized carbons (Fsp3) is 0.333. The number of sulfonamides is 1. The third-order valence-corrected chi connectivity index (χ3v) is 7.02. The lowest BCUT2D eigenvalue weighted by Crippen LogP contribution is -2.46. The van der Waals surface area contributed by atoms with Crippen LogP contribution in [0.4, 0.5) is 4.79 Å². The first-order valence-electron chi connectivity index (χ1n) is 9.34. The molecule has 3 rings (SSSR count). The summed E-state index contributed by atoms with van der Waals surface area (Å²) in [5, 5.41) is 8.41. The highest BCUT2D eigenvalue weighted by molar-refractivity contribution is 7.90. The molecule has 0 aliphatic carbocycles. The second kappa shape index (κ2) is 9.07. The summed E-state index contributed by atoms with van der Waals surface area (Å²) in [4.78, 5) is 14.4. The molecule has 0 aromatic heterocycles. The van der Waals surface area contributed by atoms with E-state index in [1.807, 2.05) is 30.3 Å². The van der Waals surface area contributed by atoms with Gasteiger partial charge in [0.2, 0.25) is 10.0 Å². The van der Waals surface area contributed by atoms with Crippen LogP contribution in [-0.4, -0.2) is 38.3 Å². The van der Waals surface area contributed by atoms with Crippen molar-refractivity contribution < 1.29 is 17.9 Å². The number of hydrogen-bond donors (Lipinski definition) is 1. The van der Waals surface area contributed by atoms with Gasteiger partial charge >= 0.3 is 6.09 Å². The van der Waals surface area contributed by atoms with Crippen LogP contribution in [0.1, 0.15) is 35.6 Å². The van der Waals surface area contributed by atoms with E-state index in [-0.39, 0.29) is 19.6 Å². The fourth-order valence-corrected chi connectivity index (χ4v) is 4.68. The lowest BCUT2D eigenvalue weighted by molar-refractivity contribution is 0.0683. The maximum atomic E-state index is 12.8. The highest BCUT2D eigenvalue weighted by Crippen LogP contribution is 2.34. The van der Waals surface area contributed by atoms with Crippen LogP contribution in [-0.2, 0) is 21.4 Å². The van der Waals surface area contributed by atoms with Gasteiger partial charge in [0.1, 0.15) is 6.61 Å². The number of benzene rings is 2. The molecule has 1 aliphatic heterocycles. The Morgan fingerprint density at radius 2 is 1.90 bits per heavy atom. The van der Waals surface area contributed by atoms with E-state index in [1.165, 1.54) is 7.05 Å². The van der Waals surface area contributed by atoms with Gasteiger partial charge in [-0.05, 0) is 43.1 Å². The molecule has 0 radical (unpaired) electrons. The van der Waals surface area contributed by atoms with Gasteiger partial charge in [-0.3, -0.25) is 0 Å². The molecule has 1 heterocycles. The van der Waals surface area contributed by atoms with Crippen LogP contribution in [0, 0.1) is 11.3 Å². The van der Waals surface area contributed by atoms with Crippen molar-refractivity contribution in [3.05, 3.63) is 71.3 Å². The summed E-state index contributed by atoms with van der Waals surface area (Å²) in [7, 11) is -2.07. The molecular weight excluding hydrogens is 390 g/mol. The van der Waals surface area contributed by atoms with Gasteiger partial charge in [-0.2, -0.15) is 5.26 Å². The Bertz CT molecular complexity index is 985. The summed E-state index contributed by atoms with van der Waals surface area (Å²) in [5.74, 6) is 0. The monoisotopic (exact) mass is 413 g/mol. The minimum atomic E-state index is -3.46. The Labute approximate surface area is 171 Å². The number of carbonyl (C=O) groups excluding carboxylic acids is 1. The third kappa shape index (κ3) is 4.94. The summed E-state index contributed by atoms with van der Waals surface area (Å²) in [6, 6.07) is 17.8. The van der Waals surface area contributed by atoms with Gasteiger partial charge in [0, 0.05) is 6.54 Å². The standard InChI is InChI=1S/C21H23N3O4S/c1-23-29(26,27)19-11-12-24(21(25)28-15-17-5-3-2-4-6-17)20(13-19)18-9-7-16(14-22)8-10-18/h2-10,19-20,23H,11-13,15H2,1H3/t19-,20-/m0/s1. The van der Waals surface area contributed by atoms with Crippen LogP contribution in [0.3, 0.4) is 0 Å². The van der Waals surface area contributed by atoms with E-state index < -0.39 is 27.4 Å². The van der Waals surface area contributed by atoms with Crippen molar-refractivity contribution >= 4 is 16.1 Å². The van der Waals surface area contributed by atoms with Crippen LogP contribution < -0.4 is 4.72 Å². The second-order valence-corrected chi connectivity index (χ2v) is 9.04. The lowest BCUT2D eigenvalue weighted by Gasteiger charge is -2.38. The summed E-state index contributed by atoms with van der Waals surface area (Å²) in [6.07, 6.45) is 0.106. The predicted molar refractivity (Wildman–Crippen MR) is 108 cm³/mol. The van der Waals surface area contributed by atoms with E-state index in [9.17, 15) is 13.2 Å². The number of likely N-dealkylation sites (tertiary alicyclic amines) is 1. The average molecular weight is 413 g/mol. The Morgan fingerprint density at radius 3 is 2.52 bits per heavy atom. The zero-order valence-corrected chi connectivity index (χ0v) is 16.9. The molecule has 0 spiro atoms. The maximum Gasteiger partial charge on any atom is 0.410 e. The molecule has 1 amide bonds. The Kier molecular flexibility index (Phi) is 6.52. The first kappa shape index (κ1) is 20.8. The van der Waals surface area contributed by atoms with Crippen molar-refractivity contribution in [2.24, 2.45) is 0 Å². The van der Waals surface area contributed by atoms with E-state index in [1.54, 1.807) is 29.2 Å². The molecular formula is C21H23N3O4S. The molecule has 29 heavy (non-hydrogen) atoms. The van der Waals surface area contributed by atoms with Crippen LogP contribution in [0.15, 0.2) is 54.6 Å². The van der Waals surface area contributed by atoms with Gasteiger partial charge in [0.15, 0.2) is 0 Å². The minimum absolute atomic E-state index is 0.147. The molecule has 1 N–H and O–H groups in total. The first-order valence-corrected chi connectivity index (χ1v) is 10.9. The summed E-state index contributed by atoms with van der Waals surface area (Å²) < 4.78 is 32.5. The third-order valence-electron chi connectivity index (χ3n) is 5.14. The summed E-state index contributed by atoms with van der Waals surface area (Å²) in [6.45, 7) is 0.415. The normalized spacial score (nSPS) is 19.4. The minimum Gasteiger partial charge on any atom is -0.445 e. The Morgan fingerprint density at radius 1 is 1.21 bits per heavy atom. The SMILES string of the molecule is CNS(=O)(=O)[C@H]1CCN(C(=O)OCc2ccccc2)[C@H](c2ccc(C#N)cc2)C1. The number of piperidine rings is 1. The summed E-state index contributed by atoms with van der Waals surface area (Å²) >= 11 is 0. The molecule has 0 bridgehead atoms. The molecule has 8 heteroatoms. The number of nitrogens with one attached hydrogen (secondary N) is 1. The van der Waals surface area contributed by atoms with Crippen LogP contribution in [0.25, 0.3) is 0 Å². The van der Waals surface area contributed by atoms with Crippen LogP contribution in [0.5, 0.6) is 0 Å². The van der Waals surface area contributed by atoms with Crippen molar-refractivity contribution in [3.63, 3.8) is 0 Å².